The Balaban J connectivity index is 3.08. The zero-order valence-corrected chi connectivity index (χ0v) is 10.2. The van der Waals surface area contributed by atoms with Crippen LogP contribution in [-0.4, -0.2) is 49.1 Å². The summed E-state index contributed by atoms with van der Waals surface area (Å²) in [6.45, 7) is -2.39. The minimum Gasteiger partial charge on any atom is -0.394 e. The fraction of sp³-hybridized carbons (Fsp3) is 0.400. The molecule has 0 unspecified atom stereocenters. The number of nitrogens with one attached hydrogen (secondary N) is 1. The van der Waals surface area contributed by atoms with E-state index in [4.69, 9.17) is 15.3 Å². The number of rotatable bonds is 6. The fourth-order valence-electron chi connectivity index (χ4n) is 1.22. The molecule has 0 atom stereocenters. The smallest absolute Gasteiger partial charge is 0.241 e. The van der Waals surface area contributed by atoms with Gasteiger partial charge in [0.05, 0.1) is 24.7 Å². The van der Waals surface area contributed by atoms with E-state index in [-0.39, 0.29) is 4.90 Å². The fourth-order valence-corrected chi connectivity index (χ4v) is 2.63. The molecule has 1 rings (SSSR count). The van der Waals surface area contributed by atoms with Crippen molar-refractivity contribution in [3.8, 4) is 0 Å². The molecule has 18 heavy (non-hydrogen) atoms. The lowest BCUT2D eigenvalue weighted by Crippen LogP contribution is -2.56. The SMILES string of the molecule is O=S(=O)(NC(CO)(CO)CO)c1cccc(F)c1. The van der Waals surface area contributed by atoms with Crippen molar-refractivity contribution in [3.63, 3.8) is 0 Å². The molecule has 102 valence electrons. The molecule has 0 aromatic heterocycles. The van der Waals surface area contributed by atoms with Gasteiger partial charge in [0.15, 0.2) is 0 Å². The molecule has 4 N–H and O–H groups in total. The van der Waals surface area contributed by atoms with E-state index in [0.29, 0.717) is 0 Å². The van der Waals surface area contributed by atoms with Gasteiger partial charge in [0.2, 0.25) is 10.0 Å². The van der Waals surface area contributed by atoms with Gasteiger partial charge in [0, 0.05) is 0 Å². The molecule has 1 aromatic rings. The predicted octanol–water partition coefficient (Wildman–Crippen LogP) is -1.18. The van der Waals surface area contributed by atoms with Crippen molar-refractivity contribution in [1.82, 2.24) is 4.72 Å². The average Bonchev–Trinajstić information content (AvgIpc) is 2.36. The van der Waals surface area contributed by atoms with E-state index >= 15 is 0 Å². The summed E-state index contributed by atoms with van der Waals surface area (Å²) in [5.74, 6) is -0.736. The van der Waals surface area contributed by atoms with Crippen LogP contribution in [-0.2, 0) is 10.0 Å². The van der Waals surface area contributed by atoms with E-state index in [1.807, 2.05) is 4.72 Å². The van der Waals surface area contributed by atoms with Crippen LogP contribution in [0.15, 0.2) is 29.2 Å². The minimum atomic E-state index is -4.15. The van der Waals surface area contributed by atoms with Gasteiger partial charge in [-0.15, -0.1) is 0 Å². The monoisotopic (exact) mass is 279 g/mol. The van der Waals surface area contributed by atoms with E-state index < -0.39 is 41.2 Å². The lowest BCUT2D eigenvalue weighted by atomic mass is 10.1. The molecule has 0 saturated heterocycles. The van der Waals surface area contributed by atoms with Crippen LogP contribution >= 0.6 is 0 Å². The Kier molecular flexibility index (Phi) is 4.77. The van der Waals surface area contributed by atoms with Gasteiger partial charge in [-0.2, -0.15) is 4.72 Å². The van der Waals surface area contributed by atoms with Gasteiger partial charge < -0.3 is 15.3 Å². The maximum absolute atomic E-state index is 12.9. The van der Waals surface area contributed by atoms with Crippen LogP contribution in [0.4, 0.5) is 4.39 Å². The van der Waals surface area contributed by atoms with Crippen molar-refractivity contribution in [2.24, 2.45) is 0 Å². The molecule has 1 aromatic carbocycles. The van der Waals surface area contributed by atoms with Gasteiger partial charge in [0.25, 0.3) is 0 Å². The number of hydrogen-bond donors (Lipinski definition) is 4. The number of sulfonamides is 1. The summed E-state index contributed by atoms with van der Waals surface area (Å²) in [5, 5.41) is 27.1. The zero-order chi connectivity index (χ0) is 13.8. The summed E-state index contributed by atoms with van der Waals surface area (Å²) in [6.07, 6.45) is 0. The Morgan fingerprint density at radius 3 is 2.17 bits per heavy atom. The molecule has 0 saturated carbocycles. The largest absolute Gasteiger partial charge is 0.394 e. The normalized spacial score (nSPS) is 12.7. The Labute approximate surface area is 104 Å². The van der Waals surface area contributed by atoms with Crippen molar-refractivity contribution >= 4 is 10.0 Å². The van der Waals surface area contributed by atoms with E-state index in [2.05, 4.69) is 0 Å². The Hall–Kier alpha value is -1.06. The zero-order valence-electron chi connectivity index (χ0n) is 9.38. The number of aliphatic hydroxyl groups excluding tert-OH is 3. The first kappa shape index (κ1) is 15.0. The molecule has 0 amide bonds. The highest BCUT2D eigenvalue weighted by atomic mass is 32.2. The third-order valence-corrected chi connectivity index (χ3v) is 3.94. The number of aliphatic hydroxyl groups is 3. The standard InChI is InChI=1S/C10H14FNO5S/c11-8-2-1-3-9(4-8)18(16,17)12-10(5-13,6-14)7-15/h1-4,12-15H,5-7H2. The third kappa shape index (κ3) is 3.24. The topological polar surface area (TPSA) is 107 Å². The predicted molar refractivity (Wildman–Crippen MR) is 60.7 cm³/mol. The number of benzene rings is 1. The third-order valence-electron chi connectivity index (χ3n) is 2.37. The summed E-state index contributed by atoms with van der Waals surface area (Å²) < 4.78 is 38.6. The maximum Gasteiger partial charge on any atom is 0.241 e. The number of hydrogen-bond acceptors (Lipinski definition) is 5. The Morgan fingerprint density at radius 2 is 1.72 bits per heavy atom. The van der Waals surface area contributed by atoms with Crippen LogP contribution in [0.2, 0.25) is 0 Å². The van der Waals surface area contributed by atoms with Gasteiger partial charge in [-0.25, -0.2) is 12.8 Å². The molecular weight excluding hydrogens is 265 g/mol. The maximum atomic E-state index is 12.9. The van der Waals surface area contributed by atoms with Crippen LogP contribution in [0.1, 0.15) is 0 Å². The Bertz CT molecular complexity index is 492. The van der Waals surface area contributed by atoms with Gasteiger partial charge >= 0.3 is 0 Å². The molecule has 0 bridgehead atoms. The van der Waals surface area contributed by atoms with Crippen molar-refractivity contribution in [1.29, 1.82) is 0 Å². The summed E-state index contributed by atoms with van der Waals surface area (Å²) in [7, 11) is -4.15. The van der Waals surface area contributed by atoms with Crippen LogP contribution in [0.5, 0.6) is 0 Å². The molecule has 0 spiro atoms. The van der Waals surface area contributed by atoms with Crippen LogP contribution in [0.3, 0.4) is 0 Å². The molecule has 0 radical (unpaired) electrons. The van der Waals surface area contributed by atoms with E-state index in [1.54, 1.807) is 0 Å². The van der Waals surface area contributed by atoms with E-state index in [9.17, 15) is 12.8 Å². The number of halogens is 1. The minimum absolute atomic E-state index is 0.359. The highest BCUT2D eigenvalue weighted by molar-refractivity contribution is 7.89. The van der Waals surface area contributed by atoms with Crippen molar-refractivity contribution in [3.05, 3.63) is 30.1 Å². The first-order valence-corrected chi connectivity index (χ1v) is 6.49. The van der Waals surface area contributed by atoms with Crippen LogP contribution in [0, 0.1) is 5.82 Å². The molecular formula is C10H14FNO5S. The van der Waals surface area contributed by atoms with Gasteiger partial charge in [0.1, 0.15) is 11.4 Å². The summed E-state index contributed by atoms with van der Waals surface area (Å²) >= 11 is 0. The highest BCUT2D eigenvalue weighted by Gasteiger charge is 2.33. The van der Waals surface area contributed by atoms with Gasteiger partial charge in [-0.3, -0.25) is 0 Å². The quantitative estimate of drug-likeness (QED) is 0.524. The second kappa shape index (κ2) is 5.72. The highest BCUT2D eigenvalue weighted by Crippen LogP contribution is 2.14. The molecule has 0 fully saturated rings. The summed E-state index contributed by atoms with van der Waals surface area (Å²) in [5.41, 5.74) is -1.79. The van der Waals surface area contributed by atoms with Crippen molar-refractivity contribution in [2.75, 3.05) is 19.8 Å². The summed E-state index contributed by atoms with van der Waals surface area (Å²) in [4.78, 5) is -0.359. The van der Waals surface area contributed by atoms with Crippen molar-refractivity contribution in [2.45, 2.75) is 10.4 Å². The first-order chi connectivity index (χ1) is 8.39. The second-order valence-corrected chi connectivity index (χ2v) is 5.50. The lowest BCUT2D eigenvalue weighted by Gasteiger charge is -2.28. The summed E-state index contributed by atoms with van der Waals surface area (Å²) in [6, 6.07) is 4.24. The van der Waals surface area contributed by atoms with E-state index in [1.165, 1.54) is 6.07 Å². The molecule has 8 heteroatoms. The first-order valence-electron chi connectivity index (χ1n) is 5.01. The molecule has 6 nitrogen and oxygen atoms in total. The van der Waals surface area contributed by atoms with Crippen molar-refractivity contribution < 1.29 is 28.1 Å². The Morgan fingerprint density at radius 1 is 1.17 bits per heavy atom. The average molecular weight is 279 g/mol. The van der Waals surface area contributed by atoms with Crippen LogP contribution in [0.25, 0.3) is 0 Å². The van der Waals surface area contributed by atoms with Gasteiger partial charge in [-0.05, 0) is 18.2 Å². The van der Waals surface area contributed by atoms with Gasteiger partial charge in [-0.1, -0.05) is 6.07 Å². The van der Waals surface area contributed by atoms with Crippen LogP contribution < -0.4 is 4.72 Å². The molecule has 0 aliphatic carbocycles. The molecule has 0 aliphatic heterocycles. The second-order valence-electron chi connectivity index (χ2n) is 3.82. The lowest BCUT2D eigenvalue weighted by molar-refractivity contribution is 0.0582. The molecule has 0 aliphatic rings. The molecule has 0 heterocycles. The van der Waals surface area contributed by atoms with E-state index in [0.717, 1.165) is 18.2 Å².